The zero-order valence-electron chi connectivity index (χ0n) is 15.8. The standard InChI is InChI=1S/C21H10ClF3N4O2S/c22-12-5-3-11(4-6-12)9-27-29-10-26-17-16-13(21(23,24)25)8-14(15-2-1-7-32-15)28-19(16)31-18(17)20(29)30/h1-10H/b27-9+. The van der Waals surface area contributed by atoms with Crippen LogP contribution in [0, 0.1) is 0 Å². The molecule has 0 amide bonds. The Balaban J connectivity index is 1.70. The monoisotopic (exact) mass is 474 g/mol. The van der Waals surface area contributed by atoms with Gasteiger partial charge in [-0.15, -0.1) is 11.3 Å². The fourth-order valence-electron chi connectivity index (χ4n) is 3.15. The molecule has 0 atom stereocenters. The molecule has 0 radical (unpaired) electrons. The second-order valence-electron chi connectivity index (χ2n) is 6.68. The average molecular weight is 475 g/mol. The number of alkyl halides is 3. The van der Waals surface area contributed by atoms with Gasteiger partial charge in [0.2, 0.25) is 11.3 Å². The van der Waals surface area contributed by atoms with Crippen LogP contribution in [0.15, 0.2) is 68.5 Å². The molecular formula is C21H10ClF3N4O2S. The van der Waals surface area contributed by atoms with Crippen LogP contribution < -0.4 is 5.56 Å². The fourth-order valence-corrected chi connectivity index (χ4v) is 3.97. The van der Waals surface area contributed by atoms with Crippen LogP contribution in [0.5, 0.6) is 0 Å². The van der Waals surface area contributed by atoms with E-state index in [2.05, 4.69) is 15.1 Å². The third-order valence-corrected chi connectivity index (χ3v) is 5.76. The van der Waals surface area contributed by atoms with Gasteiger partial charge in [0.25, 0.3) is 0 Å². The SMILES string of the molecule is O=c1c2oc3nc(-c4cccs4)cc(C(F)(F)F)c3c2ncn1/N=C/c1ccc(Cl)cc1. The lowest BCUT2D eigenvalue weighted by Gasteiger charge is -2.09. The Hall–Kier alpha value is -3.50. The topological polar surface area (TPSA) is 73.3 Å². The smallest absolute Gasteiger partial charge is 0.417 e. The maximum Gasteiger partial charge on any atom is 0.417 e. The lowest BCUT2D eigenvalue weighted by atomic mass is 10.1. The van der Waals surface area contributed by atoms with Gasteiger partial charge in [-0.05, 0) is 35.2 Å². The molecule has 160 valence electrons. The van der Waals surface area contributed by atoms with Crippen LogP contribution in [0.1, 0.15) is 11.1 Å². The Bertz CT molecular complexity index is 1540. The number of benzene rings is 1. The average Bonchev–Trinajstić information content (AvgIpc) is 3.41. The van der Waals surface area contributed by atoms with E-state index < -0.39 is 17.3 Å². The molecule has 1 aromatic carbocycles. The van der Waals surface area contributed by atoms with E-state index in [0.29, 0.717) is 15.5 Å². The van der Waals surface area contributed by atoms with Crippen LogP contribution in [-0.4, -0.2) is 20.9 Å². The van der Waals surface area contributed by atoms with Crippen LogP contribution in [0.4, 0.5) is 13.2 Å². The van der Waals surface area contributed by atoms with Gasteiger partial charge in [-0.3, -0.25) is 4.79 Å². The van der Waals surface area contributed by atoms with E-state index in [1.54, 1.807) is 41.8 Å². The third kappa shape index (κ3) is 3.57. The molecule has 6 nitrogen and oxygen atoms in total. The first-order chi connectivity index (χ1) is 15.3. The summed E-state index contributed by atoms with van der Waals surface area (Å²) in [5.41, 5.74) is -1.88. The van der Waals surface area contributed by atoms with Crippen molar-refractivity contribution in [1.29, 1.82) is 0 Å². The van der Waals surface area contributed by atoms with Gasteiger partial charge in [0.1, 0.15) is 11.8 Å². The van der Waals surface area contributed by atoms with Crippen molar-refractivity contribution < 1.29 is 17.6 Å². The molecule has 11 heteroatoms. The Morgan fingerprint density at radius 1 is 1.19 bits per heavy atom. The van der Waals surface area contributed by atoms with Crippen molar-refractivity contribution >= 4 is 51.4 Å². The zero-order chi connectivity index (χ0) is 22.5. The van der Waals surface area contributed by atoms with E-state index >= 15 is 0 Å². The van der Waals surface area contributed by atoms with E-state index in [0.717, 1.165) is 17.1 Å². The normalized spacial score (nSPS) is 12.4. The minimum atomic E-state index is -4.70. The van der Waals surface area contributed by atoms with Crippen molar-refractivity contribution in [2.75, 3.05) is 0 Å². The molecule has 0 saturated heterocycles. The molecule has 0 fully saturated rings. The molecule has 0 spiro atoms. The van der Waals surface area contributed by atoms with Crippen LogP contribution in [0.3, 0.4) is 0 Å². The predicted molar refractivity (Wildman–Crippen MR) is 116 cm³/mol. The second-order valence-corrected chi connectivity index (χ2v) is 8.06. The number of hydrogen-bond acceptors (Lipinski definition) is 6. The van der Waals surface area contributed by atoms with Crippen LogP contribution >= 0.6 is 22.9 Å². The molecular weight excluding hydrogens is 465 g/mol. The number of nitrogens with zero attached hydrogens (tertiary/aromatic N) is 4. The first kappa shape index (κ1) is 20.4. The Morgan fingerprint density at radius 2 is 1.97 bits per heavy atom. The highest BCUT2D eigenvalue weighted by atomic mass is 35.5. The maximum absolute atomic E-state index is 13.9. The molecule has 0 aliphatic rings. The van der Waals surface area contributed by atoms with Gasteiger partial charge in [0, 0.05) is 5.02 Å². The van der Waals surface area contributed by atoms with Crippen LogP contribution in [0.2, 0.25) is 5.02 Å². The summed E-state index contributed by atoms with van der Waals surface area (Å²) in [7, 11) is 0. The molecule has 4 aromatic heterocycles. The van der Waals surface area contributed by atoms with E-state index in [1.807, 2.05) is 0 Å². The molecule has 0 saturated carbocycles. The number of aromatic nitrogens is 3. The summed E-state index contributed by atoms with van der Waals surface area (Å²) in [5, 5.41) is 5.94. The van der Waals surface area contributed by atoms with Crippen LogP contribution in [0.25, 0.3) is 32.8 Å². The summed E-state index contributed by atoms with van der Waals surface area (Å²) in [6.45, 7) is 0. The van der Waals surface area contributed by atoms with Gasteiger partial charge in [-0.1, -0.05) is 29.8 Å². The predicted octanol–water partition coefficient (Wildman–Crippen LogP) is 5.82. The first-order valence-corrected chi connectivity index (χ1v) is 10.3. The Labute approximate surface area is 186 Å². The first-order valence-electron chi connectivity index (χ1n) is 9.07. The molecule has 0 aliphatic heterocycles. The molecule has 0 unspecified atom stereocenters. The minimum Gasteiger partial charge on any atom is -0.430 e. The van der Waals surface area contributed by atoms with E-state index in [9.17, 15) is 18.0 Å². The van der Waals surface area contributed by atoms with Gasteiger partial charge >= 0.3 is 11.7 Å². The largest absolute Gasteiger partial charge is 0.430 e. The summed E-state index contributed by atoms with van der Waals surface area (Å²) in [6, 6.07) is 11.0. The number of hydrogen-bond donors (Lipinski definition) is 0. The lowest BCUT2D eigenvalue weighted by molar-refractivity contribution is -0.136. The summed E-state index contributed by atoms with van der Waals surface area (Å²) >= 11 is 7.08. The molecule has 0 aliphatic carbocycles. The number of furan rings is 1. The number of halogens is 4. The summed E-state index contributed by atoms with van der Waals surface area (Å²) in [5.74, 6) is 0. The quantitative estimate of drug-likeness (QED) is 0.309. The van der Waals surface area contributed by atoms with Crippen molar-refractivity contribution in [3.8, 4) is 10.6 Å². The number of pyridine rings is 1. The van der Waals surface area contributed by atoms with Gasteiger partial charge < -0.3 is 4.42 Å². The van der Waals surface area contributed by atoms with Crippen molar-refractivity contribution in [2.45, 2.75) is 6.18 Å². The van der Waals surface area contributed by atoms with Crippen molar-refractivity contribution in [3.05, 3.63) is 80.7 Å². The number of fused-ring (bicyclic) bond motifs is 3. The van der Waals surface area contributed by atoms with E-state index in [1.165, 1.54) is 17.6 Å². The maximum atomic E-state index is 13.9. The second kappa shape index (κ2) is 7.57. The van der Waals surface area contributed by atoms with Gasteiger partial charge in [-0.25, -0.2) is 9.97 Å². The highest BCUT2D eigenvalue weighted by molar-refractivity contribution is 7.13. The Morgan fingerprint density at radius 3 is 2.66 bits per heavy atom. The zero-order valence-corrected chi connectivity index (χ0v) is 17.4. The molecule has 0 N–H and O–H groups in total. The highest BCUT2D eigenvalue weighted by Crippen LogP contribution is 2.40. The summed E-state index contributed by atoms with van der Waals surface area (Å²) in [6.07, 6.45) is -2.27. The van der Waals surface area contributed by atoms with Gasteiger partial charge in [-0.2, -0.15) is 22.9 Å². The third-order valence-electron chi connectivity index (χ3n) is 4.62. The van der Waals surface area contributed by atoms with Crippen molar-refractivity contribution in [2.24, 2.45) is 5.10 Å². The van der Waals surface area contributed by atoms with E-state index in [-0.39, 0.29) is 27.9 Å². The lowest BCUT2D eigenvalue weighted by Crippen LogP contribution is -2.16. The number of rotatable bonds is 3. The van der Waals surface area contributed by atoms with Gasteiger partial charge in [0.05, 0.1) is 27.7 Å². The van der Waals surface area contributed by atoms with Crippen LogP contribution in [-0.2, 0) is 6.18 Å². The number of thiophene rings is 1. The minimum absolute atomic E-state index is 0.0972. The van der Waals surface area contributed by atoms with Gasteiger partial charge in [0.15, 0.2) is 0 Å². The molecule has 32 heavy (non-hydrogen) atoms. The summed E-state index contributed by atoms with van der Waals surface area (Å²) in [4.78, 5) is 21.6. The Kier molecular flexibility index (Phi) is 4.83. The summed E-state index contributed by atoms with van der Waals surface area (Å²) < 4.78 is 47.9. The van der Waals surface area contributed by atoms with Crippen molar-refractivity contribution in [1.82, 2.24) is 14.6 Å². The molecule has 4 heterocycles. The molecule has 5 rings (SSSR count). The highest BCUT2D eigenvalue weighted by Gasteiger charge is 2.36. The van der Waals surface area contributed by atoms with Crippen molar-refractivity contribution in [3.63, 3.8) is 0 Å². The van der Waals surface area contributed by atoms with E-state index in [4.69, 9.17) is 16.0 Å². The molecule has 0 bridgehead atoms. The molecule has 5 aromatic rings. The fraction of sp³-hybridized carbons (Fsp3) is 0.0476.